The quantitative estimate of drug-likeness (QED) is 0.892. The molecule has 2 aromatic rings. The van der Waals surface area contributed by atoms with Gasteiger partial charge in [0.25, 0.3) is 0 Å². The molecule has 3 rings (SSSR count). The monoisotopic (exact) mass is 338 g/mol. The van der Waals surface area contributed by atoms with E-state index in [1.807, 2.05) is 0 Å². The van der Waals surface area contributed by atoms with Crippen LogP contribution in [0.2, 0.25) is 0 Å². The predicted molar refractivity (Wildman–Crippen MR) is 80.0 cm³/mol. The van der Waals surface area contributed by atoms with Gasteiger partial charge in [-0.3, -0.25) is 4.98 Å². The maximum Gasteiger partial charge on any atom is 0.243 e. The topological polar surface area (TPSA) is 77.5 Å². The number of pyridine rings is 1. The van der Waals surface area contributed by atoms with Crippen molar-refractivity contribution in [3.05, 3.63) is 54.1 Å². The number of hydrogen-bond donors (Lipinski definition) is 1. The number of aromatic nitrogens is 1. The Morgan fingerprint density at radius 1 is 1.30 bits per heavy atom. The minimum atomic E-state index is -3.92. The smallest absolute Gasteiger partial charge is 0.243 e. The Balaban J connectivity index is 1.96. The summed E-state index contributed by atoms with van der Waals surface area (Å²) in [5, 5.41) is 0. The van der Waals surface area contributed by atoms with E-state index in [4.69, 9.17) is 9.47 Å². The number of nitrogens with one attached hydrogen (secondary N) is 1. The van der Waals surface area contributed by atoms with E-state index in [1.54, 1.807) is 18.2 Å². The van der Waals surface area contributed by atoms with Gasteiger partial charge in [0.15, 0.2) is 0 Å². The fraction of sp³-hybridized carbons (Fsp3) is 0.267. The van der Waals surface area contributed by atoms with Crippen molar-refractivity contribution >= 4 is 10.0 Å². The number of sulfonamides is 1. The van der Waals surface area contributed by atoms with Gasteiger partial charge in [0, 0.05) is 17.8 Å². The minimum absolute atomic E-state index is 0.0561. The zero-order valence-electron chi connectivity index (χ0n) is 12.3. The maximum atomic E-state index is 14.1. The third-order valence-electron chi connectivity index (χ3n) is 3.65. The van der Waals surface area contributed by atoms with Crippen LogP contribution in [0, 0.1) is 5.82 Å². The molecule has 0 spiro atoms. The van der Waals surface area contributed by atoms with Crippen molar-refractivity contribution in [2.45, 2.75) is 10.4 Å². The van der Waals surface area contributed by atoms with Crippen molar-refractivity contribution < 1.29 is 22.3 Å². The first-order valence-corrected chi connectivity index (χ1v) is 8.31. The summed E-state index contributed by atoms with van der Waals surface area (Å²) in [5.41, 5.74) is -0.863. The molecule has 0 aliphatic carbocycles. The van der Waals surface area contributed by atoms with Crippen LogP contribution < -0.4 is 9.46 Å². The molecule has 122 valence electrons. The molecule has 6 nitrogen and oxygen atoms in total. The Morgan fingerprint density at radius 3 is 2.65 bits per heavy atom. The summed E-state index contributed by atoms with van der Waals surface area (Å²) in [4.78, 5) is 3.78. The Kier molecular flexibility index (Phi) is 4.05. The van der Waals surface area contributed by atoms with E-state index in [9.17, 15) is 12.8 Å². The van der Waals surface area contributed by atoms with E-state index in [0.29, 0.717) is 5.75 Å². The van der Waals surface area contributed by atoms with Gasteiger partial charge in [0.05, 0.1) is 26.5 Å². The lowest BCUT2D eigenvalue weighted by molar-refractivity contribution is -0.0680. The number of benzene rings is 1. The summed E-state index contributed by atoms with van der Waals surface area (Å²) < 4.78 is 52.0. The first-order chi connectivity index (χ1) is 11.0. The maximum absolute atomic E-state index is 14.1. The highest BCUT2D eigenvalue weighted by atomic mass is 32.2. The van der Waals surface area contributed by atoms with Crippen molar-refractivity contribution in [1.82, 2.24) is 9.71 Å². The fourth-order valence-corrected chi connectivity index (χ4v) is 3.73. The summed E-state index contributed by atoms with van der Waals surface area (Å²) in [5.74, 6) is -0.167. The minimum Gasteiger partial charge on any atom is -0.495 e. The average Bonchev–Trinajstić information content (AvgIpc) is 2.52. The molecule has 1 aliphatic heterocycles. The van der Waals surface area contributed by atoms with E-state index >= 15 is 0 Å². The van der Waals surface area contributed by atoms with Crippen LogP contribution in [-0.2, 0) is 20.3 Å². The predicted octanol–water partition coefficient (Wildman–Crippen LogP) is 1.43. The SMILES string of the molecule is COc1cncc(S(=O)(=O)NC2(c3ccccc3F)COC2)c1. The fourth-order valence-electron chi connectivity index (χ4n) is 2.40. The number of rotatable bonds is 5. The molecule has 1 aromatic carbocycles. The average molecular weight is 338 g/mol. The van der Waals surface area contributed by atoms with Gasteiger partial charge in [-0.05, 0) is 6.07 Å². The lowest BCUT2D eigenvalue weighted by atomic mass is 9.89. The second-order valence-electron chi connectivity index (χ2n) is 5.22. The summed E-state index contributed by atoms with van der Waals surface area (Å²) in [7, 11) is -2.50. The van der Waals surface area contributed by atoms with Gasteiger partial charge >= 0.3 is 0 Å². The summed E-state index contributed by atoms with van der Waals surface area (Å²) in [6.45, 7) is 0.120. The van der Waals surface area contributed by atoms with Crippen molar-refractivity contribution in [1.29, 1.82) is 0 Å². The first-order valence-electron chi connectivity index (χ1n) is 6.83. The number of nitrogens with zero attached hydrogens (tertiary/aromatic N) is 1. The van der Waals surface area contributed by atoms with Crippen molar-refractivity contribution in [2.24, 2.45) is 0 Å². The van der Waals surface area contributed by atoms with Crippen molar-refractivity contribution in [3.63, 3.8) is 0 Å². The summed E-state index contributed by atoms with van der Waals surface area (Å²) in [6, 6.07) is 7.39. The molecule has 1 fully saturated rings. The lowest BCUT2D eigenvalue weighted by Gasteiger charge is -2.42. The molecule has 1 N–H and O–H groups in total. The van der Waals surface area contributed by atoms with Gasteiger partial charge in [-0.25, -0.2) is 12.8 Å². The van der Waals surface area contributed by atoms with Crippen molar-refractivity contribution in [2.75, 3.05) is 20.3 Å². The van der Waals surface area contributed by atoms with Crippen LogP contribution in [0.15, 0.2) is 47.6 Å². The third kappa shape index (κ3) is 2.92. The lowest BCUT2D eigenvalue weighted by Crippen LogP contribution is -2.59. The zero-order valence-corrected chi connectivity index (χ0v) is 13.1. The van der Waals surface area contributed by atoms with Crippen molar-refractivity contribution in [3.8, 4) is 5.75 Å². The highest BCUT2D eigenvalue weighted by Crippen LogP contribution is 2.33. The Hall–Kier alpha value is -2.03. The van der Waals surface area contributed by atoms with Gasteiger partial charge in [-0.15, -0.1) is 0 Å². The van der Waals surface area contributed by atoms with Crippen LogP contribution in [0.3, 0.4) is 0 Å². The largest absolute Gasteiger partial charge is 0.495 e. The number of ether oxygens (including phenoxy) is 2. The molecule has 8 heteroatoms. The molecule has 0 radical (unpaired) electrons. The number of hydrogen-bond acceptors (Lipinski definition) is 5. The first kappa shape index (κ1) is 15.9. The van der Waals surface area contributed by atoms with Crippen LogP contribution in [0.25, 0.3) is 0 Å². The van der Waals surface area contributed by atoms with Crippen LogP contribution >= 0.6 is 0 Å². The number of halogens is 1. The molecular formula is C15H15FN2O4S. The standard InChI is InChI=1S/C15H15FN2O4S/c1-21-11-6-12(8-17-7-11)23(19,20)18-15(9-22-10-15)13-4-2-3-5-14(13)16/h2-8,18H,9-10H2,1H3. The molecule has 0 atom stereocenters. The molecule has 1 saturated heterocycles. The van der Waals surface area contributed by atoms with E-state index in [-0.39, 0.29) is 23.7 Å². The molecule has 0 saturated carbocycles. The van der Waals surface area contributed by atoms with Crippen LogP contribution in [0.4, 0.5) is 4.39 Å². The Labute approximate surface area is 133 Å². The van der Waals surface area contributed by atoms with Crippen LogP contribution in [-0.4, -0.2) is 33.7 Å². The number of methoxy groups -OCH3 is 1. The second-order valence-corrected chi connectivity index (χ2v) is 6.90. The van der Waals surface area contributed by atoms with Crippen LogP contribution in [0.5, 0.6) is 5.75 Å². The zero-order chi connectivity index (χ0) is 16.5. The molecule has 23 heavy (non-hydrogen) atoms. The van der Waals surface area contributed by atoms with E-state index in [2.05, 4.69) is 9.71 Å². The summed E-state index contributed by atoms with van der Waals surface area (Å²) in [6.07, 6.45) is 2.61. The molecule has 2 heterocycles. The highest BCUT2D eigenvalue weighted by Gasteiger charge is 2.45. The summed E-state index contributed by atoms with van der Waals surface area (Å²) >= 11 is 0. The van der Waals surface area contributed by atoms with Gasteiger partial charge in [-0.2, -0.15) is 4.72 Å². The highest BCUT2D eigenvalue weighted by molar-refractivity contribution is 7.89. The Morgan fingerprint density at radius 2 is 2.04 bits per heavy atom. The van der Waals surface area contributed by atoms with Gasteiger partial charge in [-0.1, -0.05) is 18.2 Å². The molecule has 0 amide bonds. The van der Waals surface area contributed by atoms with Gasteiger partial charge in [0.1, 0.15) is 22.0 Å². The van der Waals surface area contributed by atoms with Gasteiger partial charge in [0.2, 0.25) is 10.0 Å². The molecular weight excluding hydrogens is 323 g/mol. The molecule has 0 bridgehead atoms. The molecule has 1 aliphatic rings. The molecule has 0 unspecified atom stereocenters. The second kappa shape index (κ2) is 5.88. The molecule has 1 aromatic heterocycles. The van der Waals surface area contributed by atoms with Crippen LogP contribution in [0.1, 0.15) is 5.56 Å². The normalized spacial score (nSPS) is 16.6. The third-order valence-corrected chi connectivity index (χ3v) is 5.15. The van der Waals surface area contributed by atoms with E-state index in [0.717, 1.165) is 0 Å². The van der Waals surface area contributed by atoms with E-state index < -0.39 is 21.4 Å². The van der Waals surface area contributed by atoms with E-state index in [1.165, 1.54) is 31.6 Å². The van der Waals surface area contributed by atoms with Gasteiger partial charge < -0.3 is 9.47 Å². The Bertz CT molecular complexity index is 822.